The summed E-state index contributed by atoms with van der Waals surface area (Å²) in [5.41, 5.74) is 5.49. The summed E-state index contributed by atoms with van der Waals surface area (Å²) in [6.07, 6.45) is 4.20. The van der Waals surface area contributed by atoms with Gasteiger partial charge in [-0.1, -0.05) is 0 Å². The Morgan fingerprint density at radius 3 is 2.40 bits per heavy atom. The van der Waals surface area contributed by atoms with E-state index in [4.69, 9.17) is 15.6 Å². The predicted molar refractivity (Wildman–Crippen MR) is 62.9 cm³/mol. The van der Waals surface area contributed by atoms with Gasteiger partial charge in [0.05, 0.1) is 6.61 Å². The molecule has 0 heterocycles. The van der Waals surface area contributed by atoms with Crippen LogP contribution in [0.1, 0.15) is 25.7 Å². The zero-order valence-corrected chi connectivity index (χ0v) is 9.95. The van der Waals surface area contributed by atoms with Crippen molar-refractivity contribution in [2.24, 2.45) is 5.73 Å². The van der Waals surface area contributed by atoms with Crippen LogP contribution in [-0.2, 0) is 4.74 Å². The quantitative estimate of drug-likeness (QED) is 0.494. The monoisotopic (exact) mass is 218 g/mol. The highest BCUT2D eigenvalue weighted by Crippen LogP contribution is 1.99. The molecule has 0 spiro atoms. The Bertz CT molecular complexity index is 115. The summed E-state index contributed by atoms with van der Waals surface area (Å²) in [7, 11) is 1.73. The molecule has 0 aliphatic heterocycles. The van der Waals surface area contributed by atoms with Gasteiger partial charge in [-0.05, 0) is 45.3 Å². The zero-order valence-electron chi connectivity index (χ0n) is 9.95. The Balaban J connectivity index is 3.49. The Morgan fingerprint density at radius 1 is 1.07 bits per heavy atom. The van der Waals surface area contributed by atoms with Gasteiger partial charge in [-0.25, -0.2) is 0 Å². The fourth-order valence-corrected chi connectivity index (χ4v) is 1.49. The molecule has 0 aliphatic carbocycles. The van der Waals surface area contributed by atoms with E-state index >= 15 is 0 Å². The van der Waals surface area contributed by atoms with Crippen molar-refractivity contribution in [2.45, 2.75) is 25.7 Å². The van der Waals surface area contributed by atoms with E-state index in [0.29, 0.717) is 6.61 Å². The third-order valence-electron chi connectivity index (χ3n) is 2.42. The number of rotatable bonds is 11. The highest BCUT2D eigenvalue weighted by Gasteiger charge is 2.03. The molecular weight excluding hydrogens is 192 g/mol. The van der Waals surface area contributed by atoms with Gasteiger partial charge in [-0.2, -0.15) is 0 Å². The first-order chi connectivity index (χ1) is 7.35. The highest BCUT2D eigenvalue weighted by atomic mass is 16.5. The molecule has 0 bridgehead atoms. The standard InChI is InChI=1S/C11H26N2O2/c1-15-11-9-13(8-5-6-12)7-3-2-4-10-14/h14H,2-12H2,1H3. The molecule has 0 atom stereocenters. The molecule has 15 heavy (non-hydrogen) atoms. The molecule has 0 saturated carbocycles. The highest BCUT2D eigenvalue weighted by molar-refractivity contribution is 4.58. The molecule has 4 heteroatoms. The molecule has 0 aromatic heterocycles. The largest absolute Gasteiger partial charge is 0.396 e. The van der Waals surface area contributed by atoms with Crippen LogP contribution < -0.4 is 5.73 Å². The van der Waals surface area contributed by atoms with Crippen molar-refractivity contribution in [1.82, 2.24) is 4.90 Å². The van der Waals surface area contributed by atoms with Crippen molar-refractivity contribution in [2.75, 3.05) is 46.5 Å². The molecule has 4 nitrogen and oxygen atoms in total. The summed E-state index contributed by atoms with van der Waals surface area (Å²) in [6.45, 7) is 4.96. The van der Waals surface area contributed by atoms with E-state index in [1.54, 1.807) is 7.11 Å². The minimum atomic E-state index is 0.306. The van der Waals surface area contributed by atoms with Gasteiger partial charge in [0, 0.05) is 20.3 Å². The maximum Gasteiger partial charge on any atom is 0.0589 e. The van der Waals surface area contributed by atoms with E-state index in [9.17, 15) is 0 Å². The van der Waals surface area contributed by atoms with Crippen LogP contribution in [0, 0.1) is 0 Å². The Labute approximate surface area is 93.4 Å². The van der Waals surface area contributed by atoms with Gasteiger partial charge < -0.3 is 20.5 Å². The van der Waals surface area contributed by atoms with Gasteiger partial charge in [-0.3, -0.25) is 0 Å². The number of unbranched alkanes of at least 4 members (excludes halogenated alkanes) is 2. The lowest BCUT2D eigenvalue weighted by Gasteiger charge is -2.21. The average molecular weight is 218 g/mol. The molecule has 0 unspecified atom stereocenters. The fourth-order valence-electron chi connectivity index (χ4n) is 1.49. The van der Waals surface area contributed by atoms with Crippen LogP contribution in [0.15, 0.2) is 0 Å². The van der Waals surface area contributed by atoms with E-state index in [-0.39, 0.29) is 0 Å². The Kier molecular flexibility index (Phi) is 11.8. The van der Waals surface area contributed by atoms with Gasteiger partial charge in [0.1, 0.15) is 0 Å². The van der Waals surface area contributed by atoms with E-state index in [2.05, 4.69) is 4.90 Å². The maximum atomic E-state index is 8.66. The summed E-state index contributed by atoms with van der Waals surface area (Å²) >= 11 is 0. The lowest BCUT2D eigenvalue weighted by atomic mass is 10.2. The Morgan fingerprint density at radius 2 is 1.80 bits per heavy atom. The minimum Gasteiger partial charge on any atom is -0.396 e. The van der Waals surface area contributed by atoms with E-state index in [1.165, 1.54) is 0 Å². The number of aliphatic hydroxyl groups excluding tert-OH is 1. The molecule has 0 amide bonds. The van der Waals surface area contributed by atoms with Gasteiger partial charge in [0.15, 0.2) is 0 Å². The lowest BCUT2D eigenvalue weighted by molar-refractivity contribution is 0.145. The molecule has 0 saturated heterocycles. The van der Waals surface area contributed by atoms with Crippen LogP contribution in [0.5, 0.6) is 0 Å². The van der Waals surface area contributed by atoms with Gasteiger partial charge >= 0.3 is 0 Å². The number of hydrogen-bond acceptors (Lipinski definition) is 4. The third-order valence-corrected chi connectivity index (χ3v) is 2.42. The van der Waals surface area contributed by atoms with Crippen LogP contribution in [0.3, 0.4) is 0 Å². The first-order valence-electron chi connectivity index (χ1n) is 5.87. The van der Waals surface area contributed by atoms with Crippen LogP contribution in [-0.4, -0.2) is 56.5 Å². The first-order valence-corrected chi connectivity index (χ1v) is 5.87. The normalized spacial score (nSPS) is 11.2. The SMILES string of the molecule is COCCN(CCCN)CCCCCO. The van der Waals surface area contributed by atoms with Crippen molar-refractivity contribution in [3.63, 3.8) is 0 Å². The van der Waals surface area contributed by atoms with Gasteiger partial charge in [-0.15, -0.1) is 0 Å². The molecule has 92 valence electrons. The fraction of sp³-hybridized carbons (Fsp3) is 1.00. The number of nitrogens with zero attached hydrogens (tertiary/aromatic N) is 1. The number of nitrogens with two attached hydrogens (primary N) is 1. The molecule has 0 fully saturated rings. The van der Waals surface area contributed by atoms with E-state index < -0.39 is 0 Å². The minimum absolute atomic E-state index is 0.306. The summed E-state index contributed by atoms with van der Waals surface area (Å²) in [6, 6.07) is 0. The average Bonchev–Trinajstić information content (AvgIpc) is 2.27. The molecule has 0 aromatic carbocycles. The van der Waals surface area contributed by atoms with Crippen molar-refractivity contribution in [3.05, 3.63) is 0 Å². The Hall–Kier alpha value is -0.160. The number of hydrogen-bond donors (Lipinski definition) is 2. The lowest BCUT2D eigenvalue weighted by Crippen LogP contribution is -2.30. The summed E-state index contributed by atoms with van der Waals surface area (Å²) in [4.78, 5) is 2.38. The van der Waals surface area contributed by atoms with E-state index in [0.717, 1.165) is 58.5 Å². The summed E-state index contributed by atoms with van der Waals surface area (Å²) in [5, 5.41) is 8.66. The first kappa shape index (κ1) is 14.8. The third kappa shape index (κ3) is 10.1. The van der Waals surface area contributed by atoms with Gasteiger partial charge in [0.25, 0.3) is 0 Å². The zero-order chi connectivity index (χ0) is 11.4. The van der Waals surface area contributed by atoms with E-state index in [1.807, 2.05) is 0 Å². The van der Waals surface area contributed by atoms with Crippen molar-refractivity contribution in [1.29, 1.82) is 0 Å². The second-order valence-corrected chi connectivity index (χ2v) is 3.76. The van der Waals surface area contributed by atoms with Gasteiger partial charge in [0.2, 0.25) is 0 Å². The summed E-state index contributed by atoms with van der Waals surface area (Å²) in [5.74, 6) is 0. The van der Waals surface area contributed by atoms with Crippen molar-refractivity contribution < 1.29 is 9.84 Å². The number of methoxy groups -OCH3 is 1. The molecule has 0 aromatic rings. The van der Waals surface area contributed by atoms with Crippen molar-refractivity contribution in [3.8, 4) is 0 Å². The summed E-state index contributed by atoms with van der Waals surface area (Å²) < 4.78 is 5.07. The van der Waals surface area contributed by atoms with Crippen LogP contribution in [0.4, 0.5) is 0 Å². The van der Waals surface area contributed by atoms with Crippen LogP contribution in [0.25, 0.3) is 0 Å². The smallest absolute Gasteiger partial charge is 0.0589 e. The molecule has 0 rings (SSSR count). The predicted octanol–water partition coefficient (Wildman–Crippen LogP) is 0.446. The number of ether oxygens (including phenoxy) is 1. The van der Waals surface area contributed by atoms with Crippen molar-refractivity contribution >= 4 is 0 Å². The number of aliphatic hydroxyl groups is 1. The second-order valence-electron chi connectivity index (χ2n) is 3.76. The molecule has 0 radical (unpaired) electrons. The second kappa shape index (κ2) is 11.9. The molecular formula is C11H26N2O2. The molecule has 0 aliphatic rings. The molecule has 3 N–H and O–H groups in total. The maximum absolute atomic E-state index is 8.66. The van der Waals surface area contributed by atoms with Crippen LogP contribution >= 0.6 is 0 Å². The topological polar surface area (TPSA) is 58.7 Å². The van der Waals surface area contributed by atoms with Crippen LogP contribution in [0.2, 0.25) is 0 Å².